The molecule has 0 saturated heterocycles. The summed E-state index contributed by atoms with van der Waals surface area (Å²) in [5.41, 5.74) is 11.9. The summed E-state index contributed by atoms with van der Waals surface area (Å²) in [6.07, 6.45) is 6.84. The Balaban J connectivity index is 4.04. The molecule has 0 aromatic carbocycles. The van der Waals surface area contributed by atoms with Gasteiger partial charge in [0.05, 0.1) is 16.7 Å². The summed E-state index contributed by atoms with van der Waals surface area (Å²) in [6.45, 7) is 3.44. The fourth-order valence-electron chi connectivity index (χ4n) is 1.67. The van der Waals surface area contributed by atoms with Crippen LogP contribution in [0.15, 0.2) is 11.9 Å². The number of nitrogens with one attached hydrogen (secondary N) is 1. The quantitative estimate of drug-likeness (QED) is 0.294. The molecule has 0 radical (unpaired) electrons. The molecule has 6 nitrogen and oxygen atoms in total. The molecule has 1 unspecified atom stereocenters. The van der Waals surface area contributed by atoms with E-state index in [1.807, 2.05) is 6.92 Å². The number of nitrogens with two attached hydrogens (primary N) is 2. The van der Waals surface area contributed by atoms with Gasteiger partial charge >= 0.3 is 0 Å². The van der Waals surface area contributed by atoms with E-state index in [-0.39, 0.29) is 6.04 Å². The van der Waals surface area contributed by atoms with Gasteiger partial charge in [-0.25, -0.2) is 0 Å². The number of nitrogens with zero attached hydrogens (tertiary/aromatic N) is 1. The Labute approximate surface area is 109 Å². The monoisotopic (exact) mass is 258 g/mol. The predicted molar refractivity (Wildman–Crippen MR) is 73.5 cm³/mol. The molecule has 0 amide bonds. The molecular weight excluding hydrogens is 232 g/mol. The van der Waals surface area contributed by atoms with Crippen LogP contribution in [0.2, 0.25) is 0 Å². The lowest BCUT2D eigenvalue weighted by atomic mass is 10.1. The van der Waals surface area contributed by atoms with Crippen LogP contribution in [0.4, 0.5) is 0 Å². The van der Waals surface area contributed by atoms with E-state index >= 15 is 0 Å². The topological polar surface area (TPSA) is 107 Å². The summed E-state index contributed by atoms with van der Waals surface area (Å²) < 4.78 is 0. The maximum absolute atomic E-state index is 10.5. The van der Waals surface area contributed by atoms with Crippen LogP contribution in [0, 0.1) is 10.1 Å². The molecular formula is C12H26N4O2. The largest absolute Gasteiger partial charge is 0.382 e. The van der Waals surface area contributed by atoms with Crippen LogP contribution in [0.1, 0.15) is 45.4 Å². The molecule has 0 aromatic heterocycles. The Morgan fingerprint density at radius 1 is 1.39 bits per heavy atom. The Kier molecular flexibility index (Phi) is 10.3. The average molecular weight is 258 g/mol. The van der Waals surface area contributed by atoms with Gasteiger partial charge in [0.25, 0.3) is 6.20 Å². The molecule has 6 heteroatoms. The van der Waals surface area contributed by atoms with Gasteiger partial charge in [-0.1, -0.05) is 26.2 Å². The van der Waals surface area contributed by atoms with Gasteiger partial charge in [-0.05, 0) is 25.8 Å². The Bertz CT molecular complexity index is 256. The highest BCUT2D eigenvalue weighted by Crippen LogP contribution is 2.09. The molecule has 106 valence electrons. The molecule has 0 rings (SSSR count). The van der Waals surface area contributed by atoms with Crippen molar-refractivity contribution in [1.29, 1.82) is 0 Å². The van der Waals surface area contributed by atoms with Gasteiger partial charge < -0.3 is 16.8 Å². The van der Waals surface area contributed by atoms with Crippen LogP contribution < -0.4 is 16.8 Å². The highest BCUT2D eigenvalue weighted by atomic mass is 16.6. The van der Waals surface area contributed by atoms with Crippen molar-refractivity contribution in [3.63, 3.8) is 0 Å². The van der Waals surface area contributed by atoms with E-state index in [0.717, 1.165) is 51.3 Å². The first-order valence-electron chi connectivity index (χ1n) is 6.66. The van der Waals surface area contributed by atoms with E-state index in [0.29, 0.717) is 12.2 Å². The first-order valence-corrected chi connectivity index (χ1v) is 6.66. The smallest absolute Gasteiger partial charge is 0.254 e. The van der Waals surface area contributed by atoms with Crippen LogP contribution in [0.25, 0.3) is 0 Å². The van der Waals surface area contributed by atoms with Crippen molar-refractivity contribution >= 4 is 0 Å². The molecule has 0 saturated carbocycles. The first kappa shape index (κ1) is 16.9. The minimum absolute atomic E-state index is 0.278. The standard InChI is InChI=1S/C12H26N4O2/c1-2-9-15-12(10-16(17)18)11(14)7-5-3-4-6-8-13/h10-11,15H,2-9,13-14H2,1H3. The van der Waals surface area contributed by atoms with Crippen LogP contribution in [-0.4, -0.2) is 24.1 Å². The molecule has 0 aromatic rings. The normalized spacial score (nSPS) is 13.4. The summed E-state index contributed by atoms with van der Waals surface area (Å²) >= 11 is 0. The second-order valence-electron chi connectivity index (χ2n) is 4.39. The van der Waals surface area contributed by atoms with Crippen molar-refractivity contribution in [2.75, 3.05) is 13.1 Å². The van der Waals surface area contributed by atoms with Gasteiger partial charge in [0.15, 0.2) is 0 Å². The molecule has 0 aliphatic carbocycles. The Morgan fingerprint density at radius 3 is 2.61 bits per heavy atom. The number of rotatable bonds is 11. The predicted octanol–water partition coefficient (Wildman–Crippen LogP) is 1.34. The van der Waals surface area contributed by atoms with Crippen LogP contribution in [0.3, 0.4) is 0 Å². The zero-order chi connectivity index (χ0) is 13.8. The fraction of sp³-hybridized carbons (Fsp3) is 0.833. The van der Waals surface area contributed by atoms with Gasteiger partial charge in [0.1, 0.15) is 0 Å². The average Bonchev–Trinajstić information content (AvgIpc) is 2.33. The second-order valence-corrected chi connectivity index (χ2v) is 4.39. The molecule has 0 fully saturated rings. The second kappa shape index (κ2) is 11.0. The maximum atomic E-state index is 10.5. The number of hydrogen-bond acceptors (Lipinski definition) is 5. The summed E-state index contributed by atoms with van der Waals surface area (Å²) in [5.74, 6) is 0. The SMILES string of the molecule is CCCNC(=C[N+](=O)[O-])C(N)CCCCCCN. The van der Waals surface area contributed by atoms with E-state index < -0.39 is 4.92 Å². The molecule has 0 spiro atoms. The van der Waals surface area contributed by atoms with Crippen LogP contribution >= 0.6 is 0 Å². The minimum Gasteiger partial charge on any atom is -0.382 e. The first-order chi connectivity index (χ1) is 8.61. The third-order valence-electron chi connectivity index (χ3n) is 2.69. The van der Waals surface area contributed by atoms with Gasteiger partial charge in [-0.2, -0.15) is 0 Å². The van der Waals surface area contributed by atoms with Crippen molar-refractivity contribution in [1.82, 2.24) is 5.32 Å². The molecule has 0 aliphatic rings. The van der Waals surface area contributed by atoms with Crippen LogP contribution in [0.5, 0.6) is 0 Å². The molecule has 5 N–H and O–H groups in total. The summed E-state index contributed by atoms with van der Waals surface area (Å²) in [6, 6.07) is -0.278. The van der Waals surface area contributed by atoms with Crippen molar-refractivity contribution in [2.24, 2.45) is 11.5 Å². The van der Waals surface area contributed by atoms with Crippen molar-refractivity contribution in [2.45, 2.75) is 51.5 Å². The van der Waals surface area contributed by atoms with Crippen molar-refractivity contribution in [3.8, 4) is 0 Å². The number of hydrogen-bond donors (Lipinski definition) is 3. The number of unbranched alkanes of at least 4 members (excludes halogenated alkanes) is 3. The zero-order valence-electron chi connectivity index (χ0n) is 11.2. The maximum Gasteiger partial charge on any atom is 0.254 e. The van der Waals surface area contributed by atoms with E-state index in [4.69, 9.17) is 11.5 Å². The summed E-state index contributed by atoms with van der Waals surface area (Å²) in [7, 11) is 0. The van der Waals surface area contributed by atoms with Crippen molar-refractivity contribution in [3.05, 3.63) is 22.0 Å². The molecule has 0 aliphatic heterocycles. The molecule has 0 heterocycles. The number of nitro groups is 1. The van der Waals surface area contributed by atoms with Crippen LogP contribution in [-0.2, 0) is 0 Å². The molecule has 18 heavy (non-hydrogen) atoms. The third-order valence-corrected chi connectivity index (χ3v) is 2.69. The minimum atomic E-state index is -0.452. The highest BCUT2D eigenvalue weighted by Gasteiger charge is 2.12. The van der Waals surface area contributed by atoms with E-state index in [1.54, 1.807) is 0 Å². The lowest BCUT2D eigenvalue weighted by Gasteiger charge is -2.15. The highest BCUT2D eigenvalue weighted by molar-refractivity contribution is 5.04. The lowest BCUT2D eigenvalue weighted by Crippen LogP contribution is -2.32. The summed E-state index contributed by atoms with van der Waals surface area (Å²) in [5, 5.41) is 13.5. The van der Waals surface area contributed by atoms with E-state index in [2.05, 4.69) is 5.32 Å². The fourth-order valence-corrected chi connectivity index (χ4v) is 1.67. The van der Waals surface area contributed by atoms with E-state index in [9.17, 15) is 10.1 Å². The Hall–Kier alpha value is -1.14. The van der Waals surface area contributed by atoms with Crippen molar-refractivity contribution < 1.29 is 4.92 Å². The Morgan fingerprint density at radius 2 is 2.06 bits per heavy atom. The van der Waals surface area contributed by atoms with Gasteiger partial charge in [0, 0.05) is 6.54 Å². The van der Waals surface area contributed by atoms with E-state index in [1.165, 1.54) is 0 Å². The van der Waals surface area contributed by atoms with Gasteiger partial charge in [-0.3, -0.25) is 10.1 Å². The van der Waals surface area contributed by atoms with Gasteiger partial charge in [-0.15, -0.1) is 0 Å². The lowest BCUT2D eigenvalue weighted by molar-refractivity contribution is -0.404. The van der Waals surface area contributed by atoms with Gasteiger partial charge in [0.2, 0.25) is 0 Å². The third kappa shape index (κ3) is 8.95. The zero-order valence-corrected chi connectivity index (χ0v) is 11.2. The summed E-state index contributed by atoms with van der Waals surface area (Å²) in [4.78, 5) is 10.1. The molecule has 0 bridgehead atoms. The molecule has 1 atom stereocenters.